The van der Waals surface area contributed by atoms with Crippen molar-refractivity contribution in [2.45, 2.75) is 52.9 Å². The molecule has 0 bridgehead atoms. The maximum Gasteiger partial charge on any atom is -0.00176 e. The number of nitrogens with one attached hydrogen (secondary N) is 1. The van der Waals surface area contributed by atoms with Gasteiger partial charge in [0.05, 0.1) is 0 Å². The fourth-order valence-electron chi connectivity index (χ4n) is 4.16. The van der Waals surface area contributed by atoms with Gasteiger partial charge in [-0.2, -0.15) is 0 Å². The zero-order valence-electron chi connectivity index (χ0n) is 11.3. The summed E-state index contributed by atoms with van der Waals surface area (Å²) in [6.45, 7) is 9.47. The zero-order valence-corrected chi connectivity index (χ0v) is 11.3. The van der Waals surface area contributed by atoms with E-state index >= 15 is 0 Å². The Labute approximate surface area is 101 Å². The van der Waals surface area contributed by atoms with Crippen molar-refractivity contribution in [1.82, 2.24) is 5.32 Å². The number of hydrogen-bond acceptors (Lipinski definition) is 1. The van der Waals surface area contributed by atoms with E-state index in [0.717, 1.165) is 29.6 Å². The standard InChI is InChI=1S/C15H29N/c1-4-12-5-7-15-13(6-8-14(12)15)10-16-9-11(2)3/h11-16H,4-10H2,1-3H3. The summed E-state index contributed by atoms with van der Waals surface area (Å²) in [4.78, 5) is 0. The molecule has 1 N–H and O–H groups in total. The normalized spacial score (nSPS) is 38.2. The highest BCUT2D eigenvalue weighted by molar-refractivity contribution is 4.94. The van der Waals surface area contributed by atoms with Crippen molar-refractivity contribution in [2.75, 3.05) is 13.1 Å². The molecular formula is C15H29N. The molecular weight excluding hydrogens is 194 g/mol. The lowest BCUT2D eigenvalue weighted by molar-refractivity contribution is 0.300. The van der Waals surface area contributed by atoms with E-state index in [9.17, 15) is 0 Å². The lowest BCUT2D eigenvalue weighted by Gasteiger charge is -2.21. The van der Waals surface area contributed by atoms with Crippen molar-refractivity contribution in [1.29, 1.82) is 0 Å². The second-order valence-electron chi connectivity index (χ2n) is 6.46. The van der Waals surface area contributed by atoms with Gasteiger partial charge in [0.2, 0.25) is 0 Å². The van der Waals surface area contributed by atoms with Crippen molar-refractivity contribution in [3.8, 4) is 0 Å². The highest BCUT2D eigenvalue weighted by atomic mass is 14.9. The average Bonchev–Trinajstić information content (AvgIpc) is 2.79. The van der Waals surface area contributed by atoms with E-state index in [0.29, 0.717) is 0 Å². The summed E-state index contributed by atoms with van der Waals surface area (Å²) in [6, 6.07) is 0. The molecule has 0 amide bonds. The fraction of sp³-hybridized carbons (Fsp3) is 1.00. The zero-order chi connectivity index (χ0) is 11.5. The molecule has 4 unspecified atom stereocenters. The predicted molar refractivity (Wildman–Crippen MR) is 70.4 cm³/mol. The summed E-state index contributed by atoms with van der Waals surface area (Å²) in [5, 5.41) is 3.67. The maximum absolute atomic E-state index is 3.67. The van der Waals surface area contributed by atoms with Crippen molar-refractivity contribution in [3.63, 3.8) is 0 Å². The van der Waals surface area contributed by atoms with Gasteiger partial charge in [-0.3, -0.25) is 0 Å². The molecule has 0 heterocycles. The van der Waals surface area contributed by atoms with E-state index in [1.54, 1.807) is 0 Å². The van der Waals surface area contributed by atoms with Crippen LogP contribution in [-0.4, -0.2) is 13.1 Å². The number of rotatable bonds is 5. The van der Waals surface area contributed by atoms with Crippen LogP contribution in [0.1, 0.15) is 52.9 Å². The first-order valence-corrected chi connectivity index (χ1v) is 7.43. The third-order valence-electron chi connectivity index (χ3n) is 4.99. The van der Waals surface area contributed by atoms with Crippen LogP contribution in [0.15, 0.2) is 0 Å². The summed E-state index contributed by atoms with van der Waals surface area (Å²) in [7, 11) is 0. The quantitative estimate of drug-likeness (QED) is 0.749. The molecule has 2 aliphatic rings. The van der Waals surface area contributed by atoms with Gasteiger partial charge in [-0.15, -0.1) is 0 Å². The Morgan fingerprint density at radius 3 is 2.25 bits per heavy atom. The molecule has 0 saturated heterocycles. The minimum atomic E-state index is 0.796. The molecule has 0 aromatic heterocycles. The maximum atomic E-state index is 3.67. The molecule has 1 heteroatoms. The second kappa shape index (κ2) is 5.53. The molecule has 2 saturated carbocycles. The van der Waals surface area contributed by atoms with Gasteiger partial charge < -0.3 is 5.32 Å². The van der Waals surface area contributed by atoms with Gasteiger partial charge in [-0.25, -0.2) is 0 Å². The molecule has 0 aromatic rings. The third-order valence-corrected chi connectivity index (χ3v) is 4.99. The highest BCUT2D eigenvalue weighted by Crippen LogP contribution is 2.51. The lowest BCUT2D eigenvalue weighted by Crippen LogP contribution is -2.28. The summed E-state index contributed by atoms with van der Waals surface area (Å²) in [5.41, 5.74) is 0. The fourth-order valence-corrected chi connectivity index (χ4v) is 4.16. The Hall–Kier alpha value is -0.0400. The minimum absolute atomic E-state index is 0.796. The van der Waals surface area contributed by atoms with Crippen LogP contribution in [0, 0.1) is 29.6 Å². The molecule has 2 aliphatic carbocycles. The van der Waals surface area contributed by atoms with Gasteiger partial charge in [0.15, 0.2) is 0 Å². The van der Waals surface area contributed by atoms with Gasteiger partial charge >= 0.3 is 0 Å². The first-order valence-electron chi connectivity index (χ1n) is 7.43. The second-order valence-corrected chi connectivity index (χ2v) is 6.46. The van der Waals surface area contributed by atoms with E-state index in [1.807, 2.05) is 0 Å². The Balaban J connectivity index is 1.77. The van der Waals surface area contributed by atoms with Crippen LogP contribution in [0.5, 0.6) is 0 Å². The van der Waals surface area contributed by atoms with Crippen LogP contribution in [0.25, 0.3) is 0 Å². The average molecular weight is 223 g/mol. The van der Waals surface area contributed by atoms with Gasteiger partial charge in [0, 0.05) is 0 Å². The van der Waals surface area contributed by atoms with E-state index in [1.165, 1.54) is 45.2 Å². The van der Waals surface area contributed by atoms with Crippen molar-refractivity contribution in [2.24, 2.45) is 29.6 Å². The van der Waals surface area contributed by atoms with Crippen LogP contribution in [0.2, 0.25) is 0 Å². The van der Waals surface area contributed by atoms with Gasteiger partial charge in [0.25, 0.3) is 0 Å². The van der Waals surface area contributed by atoms with Crippen LogP contribution < -0.4 is 5.32 Å². The molecule has 0 aromatic carbocycles. The van der Waals surface area contributed by atoms with E-state index in [2.05, 4.69) is 26.1 Å². The van der Waals surface area contributed by atoms with Crippen LogP contribution >= 0.6 is 0 Å². The summed E-state index contributed by atoms with van der Waals surface area (Å²) in [5.74, 6) is 5.03. The highest BCUT2D eigenvalue weighted by Gasteiger charge is 2.43. The summed E-state index contributed by atoms with van der Waals surface area (Å²) >= 11 is 0. The van der Waals surface area contributed by atoms with Gasteiger partial charge in [-0.05, 0) is 68.4 Å². The van der Waals surface area contributed by atoms with Crippen molar-refractivity contribution in [3.05, 3.63) is 0 Å². The molecule has 2 rings (SSSR count). The van der Waals surface area contributed by atoms with Crippen molar-refractivity contribution >= 4 is 0 Å². The topological polar surface area (TPSA) is 12.0 Å². The summed E-state index contributed by atoms with van der Waals surface area (Å²) in [6.07, 6.45) is 7.49. The van der Waals surface area contributed by atoms with E-state index in [4.69, 9.17) is 0 Å². The molecule has 0 radical (unpaired) electrons. The Morgan fingerprint density at radius 2 is 1.62 bits per heavy atom. The van der Waals surface area contributed by atoms with E-state index < -0.39 is 0 Å². The monoisotopic (exact) mass is 223 g/mol. The number of fused-ring (bicyclic) bond motifs is 1. The Bertz CT molecular complexity index is 211. The molecule has 1 nitrogen and oxygen atoms in total. The minimum Gasteiger partial charge on any atom is -0.316 e. The van der Waals surface area contributed by atoms with Crippen LogP contribution in [0.3, 0.4) is 0 Å². The first-order chi connectivity index (χ1) is 7.72. The Morgan fingerprint density at radius 1 is 1.00 bits per heavy atom. The molecule has 2 fully saturated rings. The largest absolute Gasteiger partial charge is 0.316 e. The SMILES string of the molecule is CCC1CCC2C(CNCC(C)C)CCC12. The molecule has 4 atom stereocenters. The lowest BCUT2D eigenvalue weighted by atomic mass is 9.88. The number of hydrogen-bond donors (Lipinski definition) is 1. The molecule has 94 valence electrons. The molecule has 0 aliphatic heterocycles. The van der Waals surface area contributed by atoms with Crippen LogP contribution in [-0.2, 0) is 0 Å². The smallest absolute Gasteiger partial charge is 0.00176 e. The molecule has 16 heavy (non-hydrogen) atoms. The Kier molecular flexibility index (Phi) is 4.29. The van der Waals surface area contributed by atoms with Crippen LogP contribution in [0.4, 0.5) is 0 Å². The molecule has 0 spiro atoms. The third kappa shape index (κ3) is 2.61. The predicted octanol–water partition coefficient (Wildman–Crippen LogP) is 3.69. The first kappa shape index (κ1) is 12.4. The van der Waals surface area contributed by atoms with Gasteiger partial charge in [0.1, 0.15) is 0 Å². The van der Waals surface area contributed by atoms with E-state index in [-0.39, 0.29) is 0 Å². The van der Waals surface area contributed by atoms with Crippen molar-refractivity contribution < 1.29 is 0 Å². The summed E-state index contributed by atoms with van der Waals surface area (Å²) < 4.78 is 0. The van der Waals surface area contributed by atoms with Gasteiger partial charge in [-0.1, -0.05) is 27.2 Å².